The molecule has 0 fully saturated rings. The van der Waals surface area contributed by atoms with E-state index in [-0.39, 0.29) is 18.4 Å². The molecule has 31 heavy (non-hydrogen) atoms. The summed E-state index contributed by atoms with van der Waals surface area (Å²) in [5.41, 5.74) is 2.53. The van der Waals surface area contributed by atoms with Gasteiger partial charge in [0.2, 0.25) is 0 Å². The van der Waals surface area contributed by atoms with Gasteiger partial charge in [-0.2, -0.15) is 0 Å². The molecule has 2 rings (SSSR count). The molecule has 2 N–H and O–H groups in total. The monoisotopic (exact) mass is 426 g/mol. The minimum Gasteiger partial charge on any atom is -0.468 e. The first-order chi connectivity index (χ1) is 14.8. The van der Waals surface area contributed by atoms with E-state index in [1.165, 1.54) is 14.2 Å². The van der Waals surface area contributed by atoms with Crippen molar-refractivity contribution in [1.29, 1.82) is 0 Å². The molecule has 0 aliphatic carbocycles. The van der Waals surface area contributed by atoms with Crippen molar-refractivity contribution in [2.24, 2.45) is 5.92 Å². The van der Waals surface area contributed by atoms with Crippen LogP contribution in [0.3, 0.4) is 0 Å². The average molecular weight is 427 g/mol. The van der Waals surface area contributed by atoms with Gasteiger partial charge in [0.05, 0.1) is 14.2 Å². The second-order valence-corrected chi connectivity index (χ2v) is 7.60. The van der Waals surface area contributed by atoms with Crippen LogP contribution < -0.4 is 10.6 Å². The Balaban J connectivity index is 2.04. The quantitative estimate of drug-likeness (QED) is 0.568. The van der Waals surface area contributed by atoms with Crippen molar-refractivity contribution in [3.8, 4) is 11.1 Å². The highest BCUT2D eigenvalue weighted by atomic mass is 16.5. The largest absolute Gasteiger partial charge is 0.468 e. The zero-order valence-corrected chi connectivity index (χ0v) is 18.4. The standard InChI is InChI=1S/C24H30N2O5/c1-16(2)14-20(23(28)30-3)26-21(24(29)31-4)15-25-22(27)19-12-10-18(11-13-19)17-8-6-5-7-9-17/h5-13,16,20-21,26H,14-15H2,1-4H3,(H,25,27)/t20-,21-/m0/s1. The van der Waals surface area contributed by atoms with Crippen molar-refractivity contribution < 1.29 is 23.9 Å². The van der Waals surface area contributed by atoms with Crippen LogP contribution in [0, 0.1) is 5.92 Å². The minimum absolute atomic E-state index is 0.0302. The molecule has 166 valence electrons. The summed E-state index contributed by atoms with van der Waals surface area (Å²) in [6.45, 7) is 3.90. The van der Waals surface area contributed by atoms with Gasteiger partial charge in [0.25, 0.3) is 5.91 Å². The lowest BCUT2D eigenvalue weighted by molar-refractivity contribution is -0.146. The molecule has 1 amide bonds. The second kappa shape index (κ2) is 11.9. The second-order valence-electron chi connectivity index (χ2n) is 7.60. The van der Waals surface area contributed by atoms with Gasteiger partial charge in [-0.25, -0.2) is 0 Å². The number of carbonyl (C=O) groups excluding carboxylic acids is 3. The summed E-state index contributed by atoms with van der Waals surface area (Å²) in [6, 6.07) is 15.5. The van der Waals surface area contributed by atoms with Gasteiger partial charge in [-0.1, -0.05) is 56.3 Å². The zero-order chi connectivity index (χ0) is 22.8. The van der Waals surface area contributed by atoms with E-state index in [0.717, 1.165) is 11.1 Å². The topological polar surface area (TPSA) is 93.7 Å². The SMILES string of the molecule is COC(=O)[C@H](CNC(=O)c1ccc(-c2ccccc2)cc1)N[C@@H](CC(C)C)C(=O)OC. The van der Waals surface area contributed by atoms with Gasteiger partial charge in [-0.15, -0.1) is 0 Å². The highest BCUT2D eigenvalue weighted by Crippen LogP contribution is 2.19. The van der Waals surface area contributed by atoms with E-state index < -0.39 is 24.0 Å². The predicted molar refractivity (Wildman–Crippen MR) is 118 cm³/mol. The van der Waals surface area contributed by atoms with E-state index in [4.69, 9.17) is 9.47 Å². The molecular formula is C24H30N2O5. The normalized spacial score (nSPS) is 12.7. The van der Waals surface area contributed by atoms with Crippen LogP contribution in [0.1, 0.15) is 30.6 Å². The molecule has 2 atom stereocenters. The predicted octanol–water partition coefficient (Wildman–Crippen LogP) is 2.80. The first kappa shape index (κ1) is 24.1. The zero-order valence-electron chi connectivity index (χ0n) is 18.4. The van der Waals surface area contributed by atoms with Crippen LogP contribution >= 0.6 is 0 Å². The number of benzene rings is 2. The summed E-state index contributed by atoms with van der Waals surface area (Å²) in [6.07, 6.45) is 0.481. The molecule has 7 heteroatoms. The van der Waals surface area contributed by atoms with Crippen molar-refractivity contribution in [2.75, 3.05) is 20.8 Å². The molecule has 0 spiro atoms. The van der Waals surface area contributed by atoms with E-state index in [2.05, 4.69) is 10.6 Å². The molecule has 7 nitrogen and oxygen atoms in total. The van der Waals surface area contributed by atoms with Crippen LogP contribution in [0.25, 0.3) is 11.1 Å². The van der Waals surface area contributed by atoms with Crippen LogP contribution in [0.2, 0.25) is 0 Å². The van der Waals surface area contributed by atoms with Crippen molar-refractivity contribution >= 4 is 17.8 Å². The Labute approximate surface area is 183 Å². The molecule has 2 aromatic rings. The summed E-state index contributed by atoms with van der Waals surface area (Å²) in [7, 11) is 2.56. The summed E-state index contributed by atoms with van der Waals surface area (Å²) >= 11 is 0. The summed E-state index contributed by atoms with van der Waals surface area (Å²) in [4.78, 5) is 36.9. The Morgan fingerprint density at radius 3 is 1.90 bits per heavy atom. The van der Waals surface area contributed by atoms with E-state index in [1.807, 2.05) is 56.3 Å². The third kappa shape index (κ3) is 7.22. The maximum Gasteiger partial charge on any atom is 0.324 e. The van der Waals surface area contributed by atoms with Gasteiger partial charge in [-0.3, -0.25) is 19.7 Å². The third-order valence-corrected chi connectivity index (χ3v) is 4.80. The Morgan fingerprint density at radius 2 is 1.35 bits per heavy atom. The molecular weight excluding hydrogens is 396 g/mol. The Bertz CT molecular complexity index is 865. The molecule has 0 radical (unpaired) electrons. The van der Waals surface area contributed by atoms with Crippen LogP contribution in [0.15, 0.2) is 54.6 Å². The smallest absolute Gasteiger partial charge is 0.324 e. The van der Waals surface area contributed by atoms with E-state index in [0.29, 0.717) is 12.0 Å². The lowest BCUT2D eigenvalue weighted by Crippen LogP contribution is -2.53. The molecule has 0 aliphatic heterocycles. The molecule has 0 saturated carbocycles. The number of esters is 2. The molecule has 0 unspecified atom stereocenters. The van der Waals surface area contributed by atoms with Crippen LogP contribution in [0.4, 0.5) is 0 Å². The van der Waals surface area contributed by atoms with Crippen molar-refractivity contribution in [3.05, 3.63) is 60.2 Å². The van der Waals surface area contributed by atoms with Crippen molar-refractivity contribution in [3.63, 3.8) is 0 Å². The van der Waals surface area contributed by atoms with Crippen LogP contribution in [-0.2, 0) is 19.1 Å². The lowest BCUT2D eigenvalue weighted by Gasteiger charge is -2.24. The first-order valence-electron chi connectivity index (χ1n) is 10.2. The highest BCUT2D eigenvalue weighted by Gasteiger charge is 2.28. The molecule has 2 aromatic carbocycles. The number of carbonyl (C=O) groups is 3. The number of methoxy groups -OCH3 is 2. The molecule has 0 bridgehead atoms. The minimum atomic E-state index is -0.889. The van der Waals surface area contributed by atoms with E-state index >= 15 is 0 Å². The van der Waals surface area contributed by atoms with Gasteiger partial charge in [-0.05, 0) is 35.6 Å². The van der Waals surface area contributed by atoms with Crippen molar-refractivity contribution in [1.82, 2.24) is 10.6 Å². The molecule has 0 saturated heterocycles. The third-order valence-electron chi connectivity index (χ3n) is 4.80. The van der Waals surface area contributed by atoms with E-state index in [9.17, 15) is 14.4 Å². The maximum absolute atomic E-state index is 12.6. The molecule has 0 heterocycles. The summed E-state index contributed by atoms with van der Waals surface area (Å²) < 4.78 is 9.66. The van der Waals surface area contributed by atoms with Crippen molar-refractivity contribution in [2.45, 2.75) is 32.4 Å². The van der Waals surface area contributed by atoms with Gasteiger partial charge in [0.15, 0.2) is 0 Å². The fourth-order valence-electron chi connectivity index (χ4n) is 3.18. The average Bonchev–Trinajstić information content (AvgIpc) is 2.80. The van der Waals surface area contributed by atoms with Gasteiger partial charge in [0, 0.05) is 12.1 Å². The highest BCUT2D eigenvalue weighted by molar-refractivity contribution is 5.95. The number of ether oxygens (including phenoxy) is 2. The number of rotatable bonds is 10. The Hall–Kier alpha value is -3.19. The number of hydrogen-bond donors (Lipinski definition) is 2. The maximum atomic E-state index is 12.6. The fourth-order valence-corrected chi connectivity index (χ4v) is 3.18. The van der Waals surface area contributed by atoms with Crippen LogP contribution in [0.5, 0.6) is 0 Å². The van der Waals surface area contributed by atoms with Crippen LogP contribution in [-0.4, -0.2) is 50.7 Å². The Morgan fingerprint density at radius 1 is 0.806 bits per heavy atom. The number of hydrogen-bond acceptors (Lipinski definition) is 6. The molecule has 0 aliphatic rings. The van der Waals surface area contributed by atoms with Gasteiger partial charge < -0.3 is 14.8 Å². The fraction of sp³-hybridized carbons (Fsp3) is 0.375. The van der Waals surface area contributed by atoms with Gasteiger partial charge in [0.1, 0.15) is 12.1 Å². The Kier molecular flexibility index (Phi) is 9.21. The summed E-state index contributed by atoms with van der Waals surface area (Å²) in [5, 5.41) is 5.70. The number of amides is 1. The summed E-state index contributed by atoms with van der Waals surface area (Å²) in [5.74, 6) is -1.16. The van der Waals surface area contributed by atoms with E-state index in [1.54, 1.807) is 12.1 Å². The number of nitrogens with one attached hydrogen (secondary N) is 2. The molecule has 0 aromatic heterocycles. The van der Waals surface area contributed by atoms with Gasteiger partial charge >= 0.3 is 11.9 Å². The first-order valence-corrected chi connectivity index (χ1v) is 10.2. The lowest BCUT2D eigenvalue weighted by atomic mass is 10.0.